The molecule has 7 nitrogen and oxygen atoms in total. The Morgan fingerprint density at radius 3 is 2.47 bits per heavy atom. The second-order valence-corrected chi connectivity index (χ2v) is 9.37. The highest BCUT2D eigenvalue weighted by Crippen LogP contribution is 2.31. The third-order valence-corrected chi connectivity index (χ3v) is 6.93. The average molecular weight is 437 g/mol. The van der Waals surface area contributed by atoms with Crippen LogP contribution in [-0.4, -0.2) is 67.1 Å². The van der Waals surface area contributed by atoms with Gasteiger partial charge in [-0.1, -0.05) is 23.8 Å². The number of hydrogen-bond donors (Lipinski definition) is 1. The van der Waals surface area contributed by atoms with Crippen molar-refractivity contribution in [2.45, 2.75) is 39.7 Å². The van der Waals surface area contributed by atoms with Crippen LogP contribution in [0.3, 0.4) is 0 Å². The molecule has 1 aromatic carbocycles. The molecule has 0 radical (unpaired) electrons. The molecule has 1 N–H and O–H groups in total. The number of aromatic nitrogens is 2. The number of carbonyl (C=O) groups excluding carboxylic acids is 1. The highest BCUT2D eigenvalue weighted by molar-refractivity contribution is 5.79. The van der Waals surface area contributed by atoms with E-state index in [1.54, 1.807) is 6.33 Å². The smallest absolute Gasteiger partial charge is 0.223 e. The standard InChI is InChI=1S/C25H36N6O/c1-18-5-6-22(19(2)15-18)20(3)28-25(32)21-7-9-30(10-8-21)23-16-26-17-27-24(23)31-13-11-29(4)12-14-31/h5-6,15-17,20-21H,7-14H2,1-4H3,(H,28,32)/t20-/m1/s1. The van der Waals surface area contributed by atoms with E-state index < -0.39 is 0 Å². The Morgan fingerprint density at radius 1 is 1.06 bits per heavy atom. The zero-order chi connectivity index (χ0) is 22.7. The summed E-state index contributed by atoms with van der Waals surface area (Å²) in [5.41, 5.74) is 4.77. The van der Waals surface area contributed by atoms with E-state index in [0.717, 1.165) is 63.6 Å². The van der Waals surface area contributed by atoms with Crippen LogP contribution in [0, 0.1) is 19.8 Å². The van der Waals surface area contributed by atoms with Crippen LogP contribution < -0.4 is 15.1 Å². The van der Waals surface area contributed by atoms with E-state index in [2.05, 4.69) is 76.0 Å². The molecule has 7 heteroatoms. The maximum absolute atomic E-state index is 13.0. The minimum absolute atomic E-state index is 0.0208. The third kappa shape index (κ3) is 5.04. The predicted molar refractivity (Wildman–Crippen MR) is 129 cm³/mol. The number of carbonyl (C=O) groups is 1. The van der Waals surface area contributed by atoms with Gasteiger partial charge in [-0.15, -0.1) is 0 Å². The highest BCUT2D eigenvalue weighted by atomic mass is 16.1. The molecule has 2 aromatic rings. The van der Waals surface area contributed by atoms with E-state index in [1.807, 2.05) is 6.20 Å². The molecule has 1 amide bonds. The van der Waals surface area contributed by atoms with Gasteiger partial charge in [-0.25, -0.2) is 9.97 Å². The monoisotopic (exact) mass is 436 g/mol. The zero-order valence-electron chi connectivity index (χ0n) is 19.8. The number of amides is 1. The molecule has 2 fully saturated rings. The number of rotatable bonds is 5. The average Bonchev–Trinajstić information content (AvgIpc) is 2.79. The lowest BCUT2D eigenvalue weighted by Crippen LogP contribution is -2.46. The van der Waals surface area contributed by atoms with Crippen LogP contribution >= 0.6 is 0 Å². The fourth-order valence-electron chi connectivity index (χ4n) is 4.90. The molecule has 0 aliphatic carbocycles. The summed E-state index contributed by atoms with van der Waals surface area (Å²) in [5, 5.41) is 3.25. The molecule has 2 aliphatic rings. The molecule has 4 rings (SSSR count). The number of piperidine rings is 1. The number of aryl methyl sites for hydroxylation is 2. The number of likely N-dealkylation sites (N-methyl/N-ethyl adjacent to an activating group) is 1. The predicted octanol–water partition coefficient (Wildman–Crippen LogP) is 2.94. The van der Waals surface area contributed by atoms with Crippen molar-refractivity contribution >= 4 is 17.4 Å². The van der Waals surface area contributed by atoms with Crippen LogP contribution in [0.4, 0.5) is 11.5 Å². The lowest BCUT2D eigenvalue weighted by molar-refractivity contribution is -0.126. The summed E-state index contributed by atoms with van der Waals surface area (Å²) in [7, 11) is 2.16. The second-order valence-electron chi connectivity index (χ2n) is 9.37. The summed E-state index contributed by atoms with van der Waals surface area (Å²) in [5.74, 6) is 1.25. The van der Waals surface area contributed by atoms with Crippen LogP contribution in [0.25, 0.3) is 0 Å². The van der Waals surface area contributed by atoms with E-state index >= 15 is 0 Å². The fourth-order valence-corrected chi connectivity index (χ4v) is 4.90. The molecular weight excluding hydrogens is 400 g/mol. The maximum Gasteiger partial charge on any atom is 0.223 e. The number of hydrogen-bond acceptors (Lipinski definition) is 6. The Labute approximate surface area is 191 Å². The summed E-state index contributed by atoms with van der Waals surface area (Å²) >= 11 is 0. The maximum atomic E-state index is 13.0. The molecule has 1 atom stereocenters. The Hall–Kier alpha value is -2.67. The second kappa shape index (κ2) is 9.86. The lowest BCUT2D eigenvalue weighted by atomic mass is 9.94. The first-order chi connectivity index (χ1) is 15.4. The van der Waals surface area contributed by atoms with Crippen molar-refractivity contribution < 1.29 is 4.79 Å². The zero-order valence-corrected chi connectivity index (χ0v) is 19.8. The van der Waals surface area contributed by atoms with Crippen molar-refractivity contribution in [1.82, 2.24) is 20.2 Å². The van der Waals surface area contributed by atoms with Gasteiger partial charge in [0.15, 0.2) is 5.82 Å². The van der Waals surface area contributed by atoms with Crippen LogP contribution in [0.15, 0.2) is 30.7 Å². The lowest BCUT2D eigenvalue weighted by Gasteiger charge is -2.38. The van der Waals surface area contributed by atoms with Gasteiger partial charge in [0.1, 0.15) is 6.33 Å². The first kappa shape index (κ1) is 22.5. The van der Waals surface area contributed by atoms with Gasteiger partial charge in [-0.3, -0.25) is 4.79 Å². The van der Waals surface area contributed by atoms with Crippen LogP contribution in [0.5, 0.6) is 0 Å². The molecular formula is C25H36N6O. The van der Waals surface area contributed by atoms with Gasteiger partial charge in [0.25, 0.3) is 0 Å². The van der Waals surface area contributed by atoms with Crippen molar-refractivity contribution in [3.8, 4) is 0 Å². The molecule has 0 spiro atoms. The summed E-state index contributed by atoms with van der Waals surface area (Å²) in [6.45, 7) is 12.0. The number of piperazine rings is 1. The molecule has 32 heavy (non-hydrogen) atoms. The molecule has 0 unspecified atom stereocenters. The van der Waals surface area contributed by atoms with E-state index in [0.29, 0.717) is 0 Å². The molecule has 172 valence electrons. The third-order valence-electron chi connectivity index (χ3n) is 6.93. The van der Waals surface area contributed by atoms with Gasteiger partial charge in [0, 0.05) is 45.2 Å². The molecule has 3 heterocycles. The van der Waals surface area contributed by atoms with Crippen molar-refractivity contribution in [3.05, 3.63) is 47.4 Å². The van der Waals surface area contributed by atoms with Gasteiger partial charge in [-0.2, -0.15) is 0 Å². The summed E-state index contributed by atoms with van der Waals surface area (Å²) < 4.78 is 0. The minimum atomic E-state index is 0.0208. The van der Waals surface area contributed by atoms with E-state index in [1.165, 1.54) is 16.7 Å². The first-order valence-electron chi connectivity index (χ1n) is 11.8. The van der Waals surface area contributed by atoms with Crippen LogP contribution in [0.1, 0.15) is 42.5 Å². The van der Waals surface area contributed by atoms with Crippen molar-refractivity contribution in [2.24, 2.45) is 5.92 Å². The fraction of sp³-hybridized carbons (Fsp3) is 0.560. The molecule has 2 aliphatic heterocycles. The number of benzene rings is 1. The van der Waals surface area contributed by atoms with E-state index in [4.69, 9.17) is 0 Å². The van der Waals surface area contributed by atoms with Crippen molar-refractivity contribution in [3.63, 3.8) is 0 Å². The summed E-state index contributed by atoms with van der Waals surface area (Å²) in [6, 6.07) is 6.44. The number of nitrogens with one attached hydrogen (secondary N) is 1. The van der Waals surface area contributed by atoms with Crippen molar-refractivity contribution in [2.75, 3.05) is 56.1 Å². The Morgan fingerprint density at radius 2 is 1.78 bits per heavy atom. The highest BCUT2D eigenvalue weighted by Gasteiger charge is 2.29. The quantitative estimate of drug-likeness (QED) is 0.778. The normalized spacial score (nSPS) is 19.1. The molecule has 1 aromatic heterocycles. The molecule has 0 saturated carbocycles. The van der Waals surface area contributed by atoms with E-state index in [-0.39, 0.29) is 17.9 Å². The Kier molecular flexibility index (Phi) is 6.94. The van der Waals surface area contributed by atoms with Gasteiger partial charge in [0.05, 0.1) is 17.9 Å². The molecule has 0 bridgehead atoms. The largest absolute Gasteiger partial charge is 0.367 e. The number of anilines is 2. The Balaban J connectivity index is 1.36. The SMILES string of the molecule is Cc1ccc([C@@H](C)NC(=O)C2CCN(c3cncnc3N3CCN(C)CC3)CC2)c(C)c1. The van der Waals surface area contributed by atoms with Crippen LogP contribution in [0.2, 0.25) is 0 Å². The summed E-state index contributed by atoms with van der Waals surface area (Å²) in [6.07, 6.45) is 5.28. The first-order valence-corrected chi connectivity index (χ1v) is 11.8. The minimum Gasteiger partial charge on any atom is -0.367 e. The van der Waals surface area contributed by atoms with Crippen LogP contribution in [-0.2, 0) is 4.79 Å². The molecule has 2 saturated heterocycles. The van der Waals surface area contributed by atoms with Gasteiger partial charge in [0.2, 0.25) is 5.91 Å². The van der Waals surface area contributed by atoms with Crippen molar-refractivity contribution in [1.29, 1.82) is 0 Å². The summed E-state index contributed by atoms with van der Waals surface area (Å²) in [4.78, 5) is 29.0. The van der Waals surface area contributed by atoms with Gasteiger partial charge < -0.3 is 20.0 Å². The Bertz CT molecular complexity index is 932. The van der Waals surface area contributed by atoms with E-state index in [9.17, 15) is 4.79 Å². The topological polar surface area (TPSA) is 64.6 Å². The van der Waals surface area contributed by atoms with Gasteiger partial charge >= 0.3 is 0 Å². The number of nitrogens with zero attached hydrogens (tertiary/aromatic N) is 5. The van der Waals surface area contributed by atoms with Gasteiger partial charge in [-0.05, 0) is 51.8 Å².